The molecular formula is C11H11FN2O5S. The van der Waals surface area contributed by atoms with Crippen LogP contribution in [0.15, 0.2) is 35.1 Å². The Bertz CT molecular complexity index is 671. The molecule has 1 heterocycles. The van der Waals surface area contributed by atoms with Gasteiger partial charge >= 0.3 is 0 Å². The molecule has 1 aliphatic rings. The molecule has 9 heteroatoms. The number of amides is 1. The zero-order chi connectivity index (χ0) is 14.8. The maximum Gasteiger partial charge on any atom is 0.294 e. The number of halogens is 1. The van der Waals surface area contributed by atoms with Crippen LogP contribution in [0.3, 0.4) is 0 Å². The average Bonchev–Trinajstić information content (AvgIpc) is 2.38. The summed E-state index contributed by atoms with van der Waals surface area (Å²) >= 11 is 0. The number of carbonyl (C=O) groups is 1. The fraction of sp³-hybridized carbons (Fsp3) is 0.182. The Kier molecular flexibility index (Phi) is 3.91. The third kappa shape index (κ3) is 3.25. The Morgan fingerprint density at radius 3 is 2.70 bits per heavy atom. The Morgan fingerprint density at radius 2 is 2.10 bits per heavy atom. The zero-order valence-electron chi connectivity index (χ0n) is 10.1. The molecule has 20 heavy (non-hydrogen) atoms. The first-order valence-electron chi connectivity index (χ1n) is 5.46. The van der Waals surface area contributed by atoms with E-state index < -0.39 is 26.6 Å². The number of anilines is 1. The van der Waals surface area contributed by atoms with Crippen LogP contribution in [-0.4, -0.2) is 27.5 Å². The van der Waals surface area contributed by atoms with Crippen molar-refractivity contribution in [1.29, 1.82) is 0 Å². The fourth-order valence-corrected chi connectivity index (χ4v) is 2.19. The summed E-state index contributed by atoms with van der Waals surface area (Å²) in [4.78, 5) is 11.4. The fourth-order valence-electron chi connectivity index (χ4n) is 1.52. The van der Waals surface area contributed by atoms with Gasteiger partial charge in [-0.05, 0) is 18.2 Å². The van der Waals surface area contributed by atoms with Crippen LogP contribution >= 0.6 is 0 Å². The molecule has 1 aliphatic heterocycles. The Hall–Kier alpha value is -2.13. The number of benzene rings is 1. The van der Waals surface area contributed by atoms with Crippen molar-refractivity contribution in [2.45, 2.75) is 4.90 Å². The Balaban J connectivity index is 2.31. The first kappa shape index (κ1) is 14.3. The van der Waals surface area contributed by atoms with Crippen molar-refractivity contribution < 1.29 is 27.1 Å². The molecule has 108 valence electrons. The molecule has 0 aromatic heterocycles. The van der Waals surface area contributed by atoms with Gasteiger partial charge in [-0.2, -0.15) is 0 Å². The van der Waals surface area contributed by atoms with Gasteiger partial charge in [0.15, 0.2) is 0 Å². The molecule has 2 rings (SSSR count). The van der Waals surface area contributed by atoms with Crippen molar-refractivity contribution >= 4 is 21.6 Å². The van der Waals surface area contributed by atoms with E-state index in [2.05, 4.69) is 5.32 Å². The smallest absolute Gasteiger partial charge is 0.294 e. The van der Waals surface area contributed by atoms with Crippen LogP contribution in [0.1, 0.15) is 0 Å². The molecule has 0 atom stereocenters. The highest BCUT2D eigenvalue weighted by Crippen LogP contribution is 2.22. The van der Waals surface area contributed by atoms with E-state index in [1.807, 2.05) is 0 Å². The van der Waals surface area contributed by atoms with Crippen LogP contribution in [0, 0.1) is 5.82 Å². The Labute approximate surface area is 114 Å². The van der Waals surface area contributed by atoms with Crippen LogP contribution in [0.2, 0.25) is 0 Å². The molecule has 7 nitrogen and oxygen atoms in total. The molecule has 0 radical (unpaired) electrons. The number of ether oxygens (including phenoxy) is 2. The molecule has 0 fully saturated rings. The summed E-state index contributed by atoms with van der Waals surface area (Å²) in [6.07, 6.45) is 1.09. The van der Waals surface area contributed by atoms with Gasteiger partial charge in [-0.25, -0.2) is 17.9 Å². The first-order valence-corrected chi connectivity index (χ1v) is 7.01. The van der Waals surface area contributed by atoms with Gasteiger partial charge < -0.3 is 14.8 Å². The second-order valence-corrected chi connectivity index (χ2v) is 5.37. The highest BCUT2D eigenvalue weighted by atomic mass is 32.2. The van der Waals surface area contributed by atoms with E-state index in [0.717, 1.165) is 24.5 Å². The Morgan fingerprint density at radius 1 is 1.35 bits per heavy atom. The summed E-state index contributed by atoms with van der Waals surface area (Å²) in [5.74, 6) is -1.62. The average molecular weight is 302 g/mol. The van der Waals surface area contributed by atoms with Crippen LogP contribution in [0.25, 0.3) is 0 Å². The largest absolute Gasteiger partial charge is 0.494 e. The summed E-state index contributed by atoms with van der Waals surface area (Å²) in [5.41, 5.74) is -0.271. The number of carbonyl (C=O) groups excluding carboxylic acids is 1. The molecule has 1 amide bonds. The van der Waals surface area contributed by atoms with E-state index in [1.165, 1.54) is 0 Å². The van der Waals surface area contributed by atoms with Gasteiger partial charge in [0, 0.05) is 0 Å². The lowest BCUT2D eigenvalue weighted by molar-refractivity contribution is -0.117. The molecule has 0 aliphatic carbocycles. The van der Waals surface area contributed by atoms with E-state index >= 15 is 0 Å². The zero-order valence-corrected chi connectivity index (χ0v) is 10.9. The highest BCUT2D eigenvalue weighted by Gasteiger charge is 2.20. The van der Waals surface area contributed by atoms with Crippen LogP contribution in [-0.2, 0) is 24.3 Å². The van der Waals surface area contributed by atoms with Gasteiger partial charge in [0.2, 0.25) is 15.8 Å². The molecule has 1 aromatic rings. The second-order valence-electron chi connectivity index (χ2n) is 3.84. The topological polar surface area (TPSA) is 108 Å². The van der Waals surface area contributed by atoms with E-state index in [4.69, 9.17) is 14.6 Å². The number of hydrogen-bond acceptors (Lipinski definition) is 5. The minimum Gasteiger partial charge on any atom is -0.494 e. The van der Waals surface area contributed by atoms with Gasteiger partial charge in [-0.1, -0.05) is 0 Å². The third-order valence-corrected chi connectivity index (χ3v) is 3.34. The highest BCUT2D eigenvalue weighted by molar-refractivity contribution is 7.89. The summed E-state index contributed by atoms with van der Waals surface area (Å²) < 4.78 is 45.8. The van der Waals surface area contributed by atoms with E-state index in [0.29, 0.717) is 6.61 Å². The van der Waals surface area contributed by atoms with E-state index in [9.17, 15) is 17.6 Å². The summed E-state index contributed by atoms with van der Waals surface area (Å²) in [6, 6.07) is 2.74. The number of primary sulfonamides is 1. The molecule has 1 aromatic carbocycles. The monoisotopic (exact) mass is 302 g/mol. The predicted octanol–water partition coefficient (Wildman–Crippen LogP) is 0.300. The van der Waals surface area contributed by atoms with E-state index in [-0.39, 0.29) is 18.1 Å². The summed E-state index contributed by atoms with van der Waals surface area (Å²) in [5, 5.41) is 7.21. The molecular weight excluding hydrogens is 291 g/mol. The van der Waals surface area contributed by atoms with Gasteiger partial charge in [0.05, 0.1) is 5.69 Å². The SMILES string of the molecule is NS(=O)(=O)c1ccc(F)cc1NC(=O)C1=COCCO1. The lowest BCUT2D eigenvalue weighted by Crippen LogP contribution is -2.23. The minimum atomic E-state index is -4.10. The number of sulfonamides is 1. The summed E-state index contributed by atoms with van der Waals surface area (Å²) in [7, 11) is -4.10. The number of nitrogens with two attached hydrogens (primary N) is 1. The first-order chi connectivity index (χ1) is 9.38. The second kappa shape index (κ2) is 5.47. The quantitative estimate of drug-likeness (QED) is 0.835. The molecule has 0 bridgehead atoms. The molecule has 0 spiro atoms. The maximum atomic E-state index is 13.2. The number of nitrogens with one attached hydrogen (secondary N) is 1. The maximum absolute atomic E-state index is 13.2. The van der Waals surface area contributed by atoms with Crippen molar-refractivity contribution in [3.63, 3.8) is 0 Å². The third-order valence-electron chi connectivity index (χ3n) is 2.37. The van der Waals surface area contributed by atoms with Crippen molar-refractivity contribution in [3.05, 3.63) is 36.0 Å². The molecule has 0 unspecified atom stereocenters. The molecule has 3 N–H and O–H groups in total. The summed E-state index contributed by atoms with van der Waals surface area (Å²) in [6.45, 7) is 0.490. The van der Waals surface area contributed by atoms with Crippen molar-refractivity contribution in [3.8, 4) is 0 Å². The van der Waals surface area contributed by atoms with Crippen molar-refractivity contribution in [1.82, 2.24) is 0 Å². The number of hydrogen-bond donors (Lipinski definition) is 2. The van der Waals surface area contributed by atoms with Gasteiger partial charge in [0.25, 0.3) is 5.91 Å². The van der Waals surface area contributed by atoms with Gasteiger partial charge in [0.1, 0.15) is 30.2 Å². The lowest BCUT2D eigenvalue weighted by atomic mass is 10.3. The predicted molar refractivity (Wildman–Crippen MR) is 66.4 cm³/mol. The van der Waals surface area contributed by atoms with Gasteiger partial charge in [-0.3, -0.25) is 4.79 Å². The molecule has 0 saturated carbocycles. The van der Waals surface area contributed by atoms with Gasteiger partial charge in [-0.15, -0.1) is 0 Å². The van der Waals surface area contributed by atoms with Crippen molar-refractivity contribution in [2.24, 2.45) is 5.14 Å². The molecule has 0 saturated heterocycles. The normalized spacial score (nSPS) is 14.8. The lowest BCUT2D eigenvalue weighted by Gasteiger charge is -2.16. The van der Waals surface area contributed by atoms with Crippen LogP contribution in [0.4, 0.5) is 10.1 Å². The van der Waals surface area contributed by atoms with Crippen molar-refractivity contribution in [2.75, 3.05) is 18.5 Å². The van der Waals surface area contributed by atoms with Crippen LogP contribution in [0.5, 0.6) is 0 Å². The minimum absolute atomic E-state index is 0.138. The van der Waals surface area contributed by atoms with Crippen LogP contribution < -0.4 is 10.5 Å². The number of rotatable bonds is 3. The standard InChI is InChI=1S/C11H11FN2O5S/c12-7-1-2-10(20(13,16)17)8(5-7)14-11(15)9-6-18-3-4-19-9/h1-2,5-6H,3-4H2,(H,14,15)(H2,13,16,17). The van der Waals surface area contributed by atoms with E-state index in [1.54, 1.807) is 0 Å².